The van der Waals surface area contributed by atoms with E-state index in [0.717, 1.165) is 0 Å². The van der Waals surface area contributed by atoms with E-state index in [-0.39, 0.29) is 108 Å². The summed E-state index contributed by atoms with van der Waals surface area (Å²) in [5.74, 6) is -3.06. The van der Waals surface area contributed by atoms with Gasteiger partial charge in [-0.1, -0.05) is 25.2 Å². The molecule has 0 unspecified atom stereocenters. The number of aliphatic carboxylic acids is 1. The number of esters is 3. The van der Waals surface area contributed by atoms with Gasteiger partial charge in [-0.25, -0.2) is 0 Å². The molecule has 2 N–H and O–H groups in total. The molecule has 189 valence electrons. The maximum Gasteiger partial charge on any atom is 0.325 e. The number of fused-ring (bicyclic) bond motifs is 3. The molecule has 4 rings (SSSR count). The molecule has 4 aliphatic rings. The van der Waals surface area contributed by atoms with Gasteiger partial charge >= 0.3 is 5.97 Å². The predicted molar refractivity (Wildman–Crippen MR) is 104 cm³/mol. The maximum atomic E-state index is 12.4. The average Bonchev–Trinajstić information content (AvgIpc) is 3.36. The van der Waals surface area contributed by atoms with Crippen LogP contribution in [0.1, 0.15) is 6.92 Å². The molecule has 0 aromatic rings. The molecule has 0 aromatic heterocycles. The van der Waals surface area contributed by atoms with Gasteiger partial charge in [-0.05, 0) is 13.5 Å². The van der Waals surface area contributed by atoms with Gasteiger partial charge in [-0.3, -0.25) is 24.0 Å². The van der Waals surface area contributed by atoms with E-state index in [1.165, 1.54) is 6.92 Å². The van der Waals surface area contributed by atoms with Crippen LogP contribution in [0.15, 0.2) is 0 Å². The number of nitrogens with zero attached hydrogens (tertiary/aromatic N) is 4. The molecule has 0 bridgehead atoms. The summed E-state index contributed by atoms with van der Waals surface area (Å²) in [5, 5.41) is 11.4. The van der Waals surface area contributed by atoms with Crippen LogP contribution >= 0.6 is 0 Å². The van der Waals surface area contributed by atoms with Gasteiger partial charge in [0.1, 0.15) is 6.04 Å². The molecular formula is C19H24EuN5O9-3. The summed E-state index contributed by atoms with van der Waals surface area (Å²) >= 11 is 0. The minimum absolute atomic E-state index is 0. The van der Waals surface area contributed by atoms with Gasteiger partial charge in [0.05, 0.1) is 26.2 Å². The largest absolute Gasteiger partial charge is 0.617 e. The molecule has 15 heteroatoms. The van der Waals surface area contributed by atoms with Crippen molar-refractivity contribution in [2.24, 2.45) is 0 Å². The van der Waals surface area contributed by atoms with Crippen LogP contribution in [0.2, 0.25) is 0 Å². The van der Waals surface area contributed by atoms with E-state index >= 15 is 0 Å². The molecule has 0 saturated carbocycles. The number of carbonyl (C=O) groups excluding carboxylic acids is 4. The summed E-state index contributed by atoms with van der Waals surface area (Å²) in [5.41, 5.74) is 0. The van der Waals surface area contributed by atoms with Crippen molar-refractivity contribution >= 4 is 29.8 Å². The van der Waals surface area contributed by atoms with Crippen LogP contribution in [0.4, 0.5) is 0 Å². The van der Waals surface area contributed by atoms with Crippen molar-refractivity contribution in [3.8, 4) is 0 Å². The fourth-order valence-corrected chi connectivity index (χ4v) is 3.85. The van der Waals surface area contributed by atoms with Crippen LogP contribution in [0.5, 0.6) is 0 Å². The summed E-state index contributed by atoms with van der Waals surface area (Å²) in [6, 6.07) is -1.07. The first-order valence-electron chi connectivity index (χ1n) is 10.4. The van der Waals surface area contributed by atoms with Crippen LogP contribution in [-0.4, -0.2) is 119 Å². The van der Waals surface area contributed by atoms with Crippen LogP contribution in [0.3, 0.4) is 0 Å². The Morgan fingerprint density at radius 1 is 0.882 bits per heavy atom. The van der Waals surface area contributed by atoms with Crippen LogP contribution in [-0.2, 0) is 38.2 Å². The smallest absolute Gasteiger partial charge is 0.325 e. The topological polar surface area (TPSA) is 158 Å². The maximum absolute atomic E-state index is 12.4. The van der Waals surface area contributed by atoms with Gasteiger partial charge in [0.15, 0.2) is 0 Å². The molecule has 1 atom stereocenters. The molecule has 0 spiro atoms. The Morgan fingerprint density at radius 2 is 1.35 bits per heavy atom. The molecule has 1 amide bonds. The Hall–Kier alpha value is -1.23. The summed E-state index contributed by atoms with van der Waals surface area (Å²) in [7, 11) is 0. The molecule has 0 aromatic carbocycles. The standard InChI is InChI=1S/C19H24N5O9.Eu/c1-11(19(29)30)20-12(25)4-21-2-3-22-8-16(26)32-14(22)6-24-10-18(28)33-15(24)7-23-9-17(27)31-13(23)5-21;/h11H,2-10H2,1H3,(H,20,25)(H,29,30);/q-3;/t11-;/m0./s1. The monoisotopic (exact) mass is 619 g/mol. The molecule has 0 aliphatic carbocycles. The number of nitrogens with one attached hydrogen (secondary N) is 1. The average molecular weight is 618 g/mol. The van der Waals surface area contributed by atoms with Gasteiger partial charge in [0.25, 0.3) is 17.9 Å². The fourth-order valence-electron chi connectivity index (χ4n) is 3.85. The Balaban J connectivity index is 0.00000324. The van der Waals surface area contributed by atoms with E-state index in [9.17, 15) is 24.0 Å². The molecule has 1 radical (unpaired) electrons. The predicted octanol–water partition coefficient (Wildman–Crippen LogP) is -3.06. The van der Waals surface area contributed by atoms with E-state index in [1.807, 2.05) is 0 Å². The Labute approximate surface area is 236 Å². The van der Waals surface area contributed by atoms with Crippen molar-refractivity contribution in [2.75, 3.05) is 58.9 Å². The summed E-state index contributed by atoms with van der Waals surface area (Å²) < 4.78 is 16.0. The molecule has 4 heterocycles. The minimum Gasteiger partial charge on any atom is -0.617 e. The SMILES string of the molecule is C[C@H](NC(=O)CN1CCN2CC(=O)O[C-]2CN2CC(=O)O[C-]2CN2CC(=O)O[C-]2C1)C(=O)O.[Eu]. The van der Waals surface area contributed by atoms with Crippen molar-refractivity contribution in [1.29, 1.82) is 0 Å². The van der Waals surface area contributed by atoms with E-state index in [0.29, 0.717) is 19.0 Å². The number of ether oxygens (including phenoxy) is 3. The number of carboxylic acid groups (broad SMARTS) is 1. The first-order chi connectivity index (χ1) is 15.7. The third-order valence-corrected chi connectivity index (χ3v) is 5.53. The minimum atomic E-state index is -1.16. The zero-order valence-corrected chi connectivity index (χ0v) is 20.7. The van der Waals surface area contributed by atoms with Crippen molar-refractivity contribution in [2.45, 2.75) is 13.0 Å². The second-order valence-corrected chi connectivity index (χ2v) is 8.08. The second kappa shape index (κ2) is 11.7. The number of carboxylic acids is 1. The normalized spacial score (nSPS) is 25.0. The molecule has 14 nitrogen and oxygen atoms in total. The van der Waals surface area contributed by atoms with Crippen LogP contribution in [0, 0.1) is 68.1 Å². The Morgan fingerprint density at radius 3 is 1.88 bits per heavy atom. The van der Waals surface area contributed by atoms with E-state index in [4.69, 9.17) is 19.3 Å². The van der Waals surface area contributed by atoms with Gasteiger partial charge in [0.2, 0.25) is 5.91 Å². The van der Waals surface area contributed by atoms with E-state index in [1.54, 1.807) is 19.6 Å². The third-order valence-electron chi connectivity index (χ3n) is 5.53. The van der Waals surface area contributed by atoms with E-state index in [2.05, 4.69) is 5.32 Å². The Bertz CT molecular complexity index is 845. The summed E-state index contributed by atoms with van der Waals surface area (Å²) in [6.45, 7) is 1.99. The number of hydrogen-bond acceptors (Lipinski definition) is 12. The molecular weight excluding hydrogens is 594 g/mol. The molecule has 4 saturated heterocycles. The second-order valence-electron chi connectivity index (χ2n) is 8.08. The molecule has 4 fully saturated rings. The number of amides is 1. The van der Waals surface area contributed by atoms with Gasteiger partial charge in [-0.2, -0.15) is 0 Å². The molecule has 4 aliphatic heterocycles. The summed E-state index contributed by atoms with van der Waals surface area (Å²) in [4.78, 5) is 65.9. The van der Waals surface area contributed by atoms with Gasteiger partial charge < -0.3 is 44.2 Å². The van der Waals surface area contributed by atoms with Crippen molar-refractivity contribution in [1.82, 2.24) is 24.9 Å². The van der Waals surface area contributed by atoms with Crippen molar-refractivity contribution < 1.29 is 92.7 Å². The summed E-state index contributed by atoms with van der Waals surface area (Å²) in [6.07, 6.45) is 0.942. The zero-order valence-electron chi connectivity index (χ0n) is 18.3. The van der Waals surface area contributed by atoms with Crippen LogP contribution < -0.4 is 5.32 Å². The van der Waals surface area contributed by atoms with Crippen molar-refractivity contribution in [3.05, 3.63) is 18.7 Å². The zero-order chi connectivity index (χ0) is 23.7. The van der Waals surface area contributed by atoms with Gasteiger partial charge in [-0.15, -0.1) is 13.1 Å². The van der Waals surface area contributed by atoms with Crippen LogP contribution in [0.25, 0.3) is 0 Å². The van der Waals surface area contributed by atoms with Crippen molar-refractivity contribution in [3.63, 3.8) is 0 Å². The number of carbonyl (C=O) groups is 5. The number of hydrogen-bond donors (Lipinski definition) is 2. The van der Waals surface area contributed by atoms with Gasteiger partial charge in [0, 0.05) is 55.9 Å². The third kappa shape index (κ3) is 6.71. The quantitative estimate of drug-likeness (QED) is 0.186. The fraction of sp³-hybridized carbons (Fsp3) is 0.579. The molecule has 34 heavy (non-hydrogen) atoms. The Kier molecular flexibility index (Phi) is 9.39. The van der Waals surface area contributed by atoms with E-state index < -0.39 is 35.8 Å². The first-order valence-corrected chi connectivity index (χ1v) is 10.4. The first kappa shape index (κ1) is 27.4. The number of rotatable bonds is 4.